The van der Waals surface area contributed by atoms with Crippen LogP contribution in [-0.2, 0) is 0 Å². The molecule has 0 aliphatic carbocycles. The lowest BCUT2D eigenvalue weighted by molar-refractivity contribution is 0.0981. The Bertz CT molecular complexity index is 1420. The number of fused-ring (bicyclic) bond motifs is 3. The number of imide groups is 1. The van der Waals surface area contributed by atoms with E-state index in [1.54, 1.807) is 24.3 Å². The molecule has 0 saturated carbocycles. The molecular formula is C24H21Cl2N3O6. The number of carbonyl (C=O) groups excluding carboxylic acids is 2. The summed E-state index contributed by atoms with van der Waals surface area (Å²) in [5.41, 5.74) is 2.18. The number of hydrogen-bond donors (Lipinski definition) is 2. The van der Waals surface area contributed by atoms with Gasteiger partial charge in [0.2, 0.25) is 0 Å². The maximum absolute atomic E-state index is 13.8. The molecule has 0 radical (unpaired) electrons. The van der Waals surface area contributed by atoms with Gasteiger partial charge in [-0.3, -0.25) is 15.0 Å². The van der Waals surface area contributed by atoms with Crippen molar-refractivity contribution in [3.63, 3.8) is 0 Å². The van der Waals surface area contributed by atoms with Gasteiger partial charge in [-0.15, -0.1) is 0 Å². The first kappa shape index (κ1) is 24.6. The van der Waals surface area contributed by atoms with Crippen molar-refractivity contribution in [3.8, 4) is 11.5 Å². The van der Waals surface area contributed by atoms with Crippen LogP contribution in [0.4, 0.5) is 10.5 Å². The molecule has 4 aromatic rings. The van der Waals surface area contributed by atoms with Gasteiger partial charge in [-0.2, -0.15) is 0 Å². The number of halogens is 2. The average Bonchev–Trinajstić information content (AvgIpc) is 3.22. The van der Waals surface area contributed by atoms with Crippen LogP contribution in [0.5, 0.6) is 11.5 Å². The standard InChI is InChI=1S/C24H21Cl2N3O6/c1-12(2)11-34-13-4-6-18-15(8-13)20-14(5-7-19(33-3)22(20)35-18)23(30)29(24(31)28-32)21-16(25)9-27-10-17(21)26/h4-10,12,32H,11H2,1-3H3,(H,28,31). The number of pyridine rings is 1. The number of anilines is 1. The number of ether oxygens (including phenoxy) is 2. The summed E-state index contributed by atoms with van der Waals surface area (Å²) in [5.74, 6) is 0.454. The van der Waals surface area contributed by atoms with Crippen LogP contribution in [0.3, 0.4) is 0 Å². The second-order valence-corrected chi connectivity index (χ2v) is 8.81. The summed E-state index contributed by atoms with van der Waals surface area (Å²) in [6.45, 7) is 4.56. The zero-order chi connectivity index (χ0) is 25.3. The summed E-state index contributed by atoms with van der Waals surface area (Å²) in [7, 11) is 1.47. The van der Waals surface area contributed by atoms with Crippen molar-refractivity contribution in [1.29, 1.82) is 0 Å². The number of hydrogen-bond acceptors (Lipinski definition) is 7. The molecule has 0 unspecified atom stereocenters. The van der Waals surface area contributed by atoms with Gasteiger partial charge in [0, 0.05) is 23.2 Å². The number of nitrogens with one attached hydrogen (secondary N) is 1. The Balaban J connectivity index is 1.96. The number of nitrogens with zero attached hydrogens (tertiary/aromatic N) is 2. The fourth-order valence-corrected chi connectivity index (χ4v) is 4.14. The second kappa shape index (κ2) is 9.99. The van der Waals surface area contributed by atoms with Crippen molar-refractivity contribution in [3.05, 3.63) is 58.3 Å². The molecular weight excluding hydrogens is 497 g/mol. The number of rotatable bonds is 6. The summed E-state index contributed by atoms with van der Waals surface area (Å²) in [5, 5.41) is 10.2. The van der Waals surface area contributed by atoms with E-state index in [1.807, 2.05) is 13.8 Å². The Labute approximate surface area is 210 Å². The first-order valence-electron chi connectivity index (χ1n) is 10.5. The number of hydroxylamine groups is 1. The van der Waals surface area contributed by atoms with Crippen molar-refractivity contribution in [2.24, 2.45) is 5.92 Å². The predicted octanol–water partition coefficient (Wildman–Crippen LogP) is 6.08. The van der Waals surface area contributed by atoms with Gasteiger partial charge in [0.25, 0.3) is 5.91 Å². The zero-order valence-electron chi connectivity index (χ0n) is 19.0. The lowest BCUT2D eigenvalue weighted by atomic mass is 10.0. The van der Waals surface area contributed by atoms with Gasteiger partial charge in [0.05, 0.1) is 35.0 Å². The molecule has 35 heavy (non-hydrogen) atoms. The van der Waals surface area contributed by atoms with E-state index in [2.05, 4.69) is 4.98 Å². The molecule has 182 valence electrons. The molecule has 3 amide bonds. The molecule has 0 spiro atoms. The number of urea groups is 1. The van der Waals surface area contributed by atoms with Gasteiger partial charge in [-0.05, 0) is 36.2 Å². The van der Waals surface area contributed by atoms with Crippen LogP contribution in [0.2, 0.25) is 10.0 Å². The van der Waals surface area contributed by atoms with Crippen LogP contribution < -0.4 is 19.9 Å². The van der Waals surface area contributed by atoms with Gasteiger partial charge >= 0.3 is 6.03 Å². The number of benzene rings is 2. The normalized spacial score (nSPS) is 11.2. The molecule has 4 rings (SSSR count). The minimum atomic E-state index is -1.16. The lowest BCUT2D eigenvalue weighted by Gasteiger charge is -2.22. The van der Waals surface area contributed by atoms with Crippen molar-refractivity contribution in [2.75, 3.05) is 18.6 Å². The van der Waals surface area contributed by atoms with Crippen LogP contribution in [0.25, 0.3) is 21.9 Å². The third-order valence-electron chi connectivity index (χ3n) is 5.14. The third-order valence-corrected chi connectivity index (χ3v) is 5.69. The Morgan fingerprint density at radius 1 is 1.17 bits per heavy atom. The SMILES string of the molecule is COc1ccc(C(=O)N(C(=O)NO)c2c(Cl)cncc2Cl)c2c1oc1ccc(OCC(C)C)cc12. The van der Waals surface area contributed by atoms with Gasteiger partial charge < -0.3 is 13.9 Å². The molecule has 11 heteroatoms. The van der Waals surface area contributed by atoms with Crippen LogP contribution in [0, 0.1) is 5.92 Å². The van der Waals surface area contributed by atoms with E-state index in [9.17, 15) is 14.8 Å². The summed E-state index contributed by atoms with van der Waals surface area (Å²) in [6.07, 6.45) is 2.45. The number of amides is 3. The average molecular weight is 518 g/mol. The Kier molecular flexibility index (Phi) is 7.02. The van der Waals surface area contributed by atoms with Crippen molar-refractivity contribution in [2.45, 2.75) is 13.8 Å². The van der Waals surface area contributed by atoms with Crippen molar-refractivity contribution >= 4 is 62.8 Å². The molecule has 0 aliphatic heterocycles. The van der Waals surface area contributed by atoms with Gasteiger partial charge in [-0.1, -0.05) is 37.0 Å². The molecule has 2 N–H and O–H groups in total. The summed E-state index contributed by atoms with van der Waals surface area (Å²) >= 11 is 12.4. The van der Waals surface area contributed by atoms with Crippen molar-refractivity contribution < 1.29 is 28.7 Å². The number of methoxy groups -OCH3 is 1. The summed E-state index contributed by atoms with van der Waals surface area (Å²) in [6, 6.07) is 7.11. The van der Waals surface area contributed by atoms with E-state index >= 15 is 0 Å². The van der Waals surface area contributed by atoms with E-state index in [1.165, 1.54) is 31.0 Å². The van der Waals surface area contributed by atoms with Crippen LogP contribution in [0.15, 0.2) is 47.1 Å². The van der Waals surface area contributed by atoms with E-state index in [0.29, 0.717) is 50.9 Å². The summed E-state index contributed by atoms with van der Waals surface area (Å²) in [4.78, 5) is 30.9. The highest BCUT2D eigenvalue weighted by Crippen LogP contribution is 2.40. The Morgan fingerprint density at radius 2 is 1.89 bits per heavy atom. The minimum Gasteiger partial charge on any atom is -0.493 e. The molecule has 2 aromatic carbocycles. The minimum absolute atomic E-state index is 0.0689. The van der Waals surface area contributed by atoms with Crippen LogP contribution in [0.1, 0.15) is 24.2 Å². The first-order valence-corrected chi connectivity index (χ1v) is 11.3. The first-order chi connectivity index (χ1) is 16.8. The highest BCUT2D eigenvalue weighted by Gasteiger charge is 2.31. The predicted molar refractivity (Wildman–Crippen MR) is 132 cm³/mol. The Hall–Kier alpha value is -3.53. The Morgan fingerprint density at radius 3 is 2.51 bits per heavy atom. The molecule has 0 aliphatic rings. The van der Waals surface area contributed by atoms with Gasteiger partial charge in [0.1, 0.15) is 11.3 Å². The molecule has 2 aromatic heterocycles. The monoisotopic (exact) mass is 517 g/mol. The van der Waals surface area contributed by atoms with E-state index in [-0.39, 0.29) is 21.3 Å². The third kappa shape index (κ3) is 4.58. The number of aromatic nitrogens is 1. The smallest absolute Gasteiger partial charge is 0.352 e. The quantitative estimate of drug-likeness (QED) is 0.235. The van der Waals surface area contributed by atoms with Gasteiger partial charge in [0.15, 0.2) is 11.3 Å². The number of carbonyl (C=O) groups is 2. The molecule has 0 fully saturated rings. The summed E-state index contributed by atoms with van der Waals surface area (Å²) < 4.78 is 17.3. The maximum Gasteiger partial charge on any atom is 0.352 e. The van der Waals surface area contributed by atoms with Gasteiger partial charge in [-0.25, -0.2) is 15.2 Å². The van der Waals surface area contributed by atoms with E-state index < -0.39 is 11.9 Å². The molecule has 2 heterocycles. The maximum atomic E-state index is 13.8. The molecule has 9 nitrogen and oxygen atoms in total. The highest BCUT2D eigenvalue weighted by molar-refractivity contribution is 6.42. The zero-order valence-corrected chi connectivity index (χ0v) is 20.5. The fraction of sp³-hybridized carbons (Fsp3) is 0.208. The van der Waals surface area contributed by atoms with Crippen LogP contribution in [-0.4, -0.2) is 35.8 Å². The highest BCUT2D eigenvalue weighted by atomic mass is 35.5. The molecule has 0 atom stereocenters. The topological polar surface area (TPSA) is 114 Å². The second-order valence-electron chi connectivity index (χ2n) is 7.99. The van der Waals surface area contributed by atoms with E-state index in [4.69, 9.17) is 37.1 Å². The lowest BCUT2D eigenvalue weighted by Crippen LogP contribution is -2.43. The molecule has 0 saturated heterocycles. The molecule has 0 bridgehead atoms. The van der Waals surface area contributed by atoms with Crippen molar-refractivity contribution in [1.82, 2.24) is 10.5 Å². The fourth-order valence-electron chi connectivity index (χ4n) is 3.61. The van der Waals surface area contributed by atoms with E-state index in [0.717, 1.165) is 0 Å². The van der Waals surface area contributed by atoms with Crippen LogP contribution >= 0.6 is 23.2 Å². The number of furan rings is 1. The largest absolute Gasteiger partial charge is 0.493 e.